The molecule has 126 valence electrons. The molecular weight excluding hydrogens is 326 g/mol. The normalized spacial score (nSPS) is 14.7. The van der Waals surface area contributed by atoms with Gasteiger partial charge in [0, 0.05) is 23.4 Å². The topological polar surface area (TPSA) is 59.0 Å². The first-order valence-corrected chi connectivity index (χ1v) is 7.74. The maximum atomic E-state index is 14.3. The van der Waals surface area contributed by atoms with Crippen LogP contribution >= 0.6 is 0 Å². The van der Waals surface area contributed by atoms with Gasteiger partial charge < -0.3 is 15.2 Å². The molecule has 5 nitrogen and oxygen atoms in total. The molecule has 4 rings (SSSR count). The second kappa shape index (κ2) is 6.01. The van der Waals surface area contributed by atoms with Crippen LogP contribution in [0.3, 0.4) is 0 Å². The number of imidazole rings is 1. The lowest BCUT2D eigenvalue weighted by Gasteiger charge is -2.16. The zero-order valence-corrected chi connectivity index (χ0v) is 13.0. The van der Waals surface area contributed by atoms with E-state index in [1.807, 2.05) is 10.6 Å². The molecule has 0 spiro atoms. The number of aromatic nitrogens is 2. The number of benzene rings is 2. The van der Waals surface area contributed by atoms with Gasteiger partial charge >= 0.3 is 6.03 Å². The zero-order chi connectivity index (χ0) is 17.4. The Balaban J connectivity index is 1.50. The predicted octanol–water partition coefficient (Wildman–Crippen LogP) is 3.55. The number of hydrogen-bond acceptors (Lipinski definition) is 2. The highest BCUT2D eigenvalue weighted by molar-refractivity contribution is 5.89. The van der Waals surface area contributed by atoms with Crippen LogP contribution in [0.4, 0.5) is 19.3 Å². The van der Waals surface area contributed by atoms with Crippen molar-refractivity contribution in [3.63, 3.8) is 0 Å². The van der Waals surface area contributed by atoms with Crippen molar-refractivity contribution in [2.75, 3.05) is 11.9 Å². The molecular formula is C18H14F2N4O. The van der Waals surface area contributed by atoms with Gasteiger partial charge in [0.15, 0.2) is 0 Å². The highest BCUT2D eigenvalue weighted by atomic mass is 19.1. The molecule has 1 unspecified atom stereocenters. The van der Waals surface area contributed by atoms with Gasteiger partial charge in [0.1, 0.15) is 11.6 Å². The van der Waals surface area contributed by atoms with E-state index < -0.39 is 6.03 Å². The number of halogens is 2. The molecule has 1 atom stereocenters. The second-order valence-corrected chi connectivity index (χ2v) is 5.74. The Morgan fingerprint density at radius 2 is 1.96 bits per heavy atom. The van der Waals surface area contributed by atoms with Crippen molar-refractivity contribution in [2.24, 2.45) is 0 Å². The Labute approximate surface area is 142 Å². The van der Waals surface area contributed by atoms with Crippen molar-refractivity contribution in [1.82, 2.24) is 14.9 Å². The van der Waals surface area contributed by atoms with E-state index >= 15 is 0 Å². The molecule has 2 aromatic carbocycles. The van der Waals surface area contributed by atoms with Gasteiger partial charge in [-0.15, -0.1) is 0 Å². The summed E-state index contributed by atoms with van der Waals surface area (Å²) < 4.78 is 29.0. The summed E-state index contributed by atoms with van der Waals surface area (Å²) in [6, 6.07) is 9.54. The monoisotopic (exact) mass is 340 g/mol. The fraction of sp³-hybridized carbons (Fsp3) is 0.111. The highest BCUT2D eigenvalue weighted by Crippen LogP contribution is 2.40. The van der Waals surface area contributed by atoms with Crippen LogP contribution in [0, 0.1) is 11.6 Å². The van der Waals surface area contributed by atoms with Crippen molar-refractivity contribution in [3.8, 4) is 11.3 Å². The maximum Gasteiger partial charge on any atom is 0.319 e. The molecule has 0 radical (unpaired) electrons. The quantitative estimate of drug-likeness (QED) is 0.766. The first kappa shape index (κ1) is 15.3. The van der Waals surface area contributed by atoms with E-state index in [0.29, 0.717) is 11.3 Å². The number of carbonyl (C=O) groups excluding carboxylic acids is 1. The summed E-state index contributed by atoms with van der Waals surface area (Å²) >= 11 is 0. The van der Waals surface area contributed by atoms with Crippen LogP contribution in [0.15, 0.2) is 55.0 Å². The predicted molar refractivity (Wildman–Crippen MR) is 89.2 cm³/mol. The summed E-state index contributed by atoms with van der Waals surface area (Å²) in [7, 11) is 0. The van der Waals surface area contributed by atoms with Gasteiger partial charge in [-0.1, -0.05) is 12.1 Å². The molecule has 25 heavy (non-hydrogen) atoms. The van der Waals surface area contributed by atoms with Gasteiger partial charge in [-0.25, -0.2) is 18.6 Å². The van der Waals surface area contributed by atoms with Gasteiger partial charge in [-0.05, 0) is 30.3 Å². The second-order valence-electron chi connectivity index (χ2n) is 5.74. The van der Waals surface area contributed by atoms with Gasteiger partial charge in [-0.2, -0.15) is 0 Å². The summed E-state index contributed by atoms with van der Waals surface area (Å²) in [6.07, 6.45) is 3.30. The minimum atomic E-state index is -0.446. The average Bonchev–Trinajstić information content (AvgIpc) is 3.17. The third kappa shape index (κ3) is 2.73. The molecule has 1 aromatic heterocycles. The lowest BCUT2D eigenvalue weighted by molar-refractivity contribution is 0.251. The van der Waals surface area contributed by atoms with Crippen LogP contribution in [-0.4, -0.2) is 22.1 Å². The molecule has 2 amide bonds. The van der Waals surface area contributed by atoms with E-state index in [1.165, 1.54) is 30.3 Å². The SMILES string of the molecule is O=C(NCC1c2c(F)cccc2-c2cncn21)Nc1ccc(F)cc1. The van der Waals surface area contributed by atoms with Crippen molar-refractivity contribution < 1.29 is 13.6 Å². The Hall–Kier alpha value is -3.22. The average molecular weight is 340 g/mol. The number of fused-ring (bicyclic) bond motifs is 3. The van der Waals surface area contributed by atoms with Gasteiger partial charge in [-0.3, -0.25) is 0 Å². The molecule has 0 saturated carbocycles. The van der Waals surface area contributed by atoms with E-state index in [9.17, 15) is 13.6 Å². The molecule has 0 saturated heterocycles. The molecule has 1 aliphatic rings. The smallest absolute Gasteiger partial charge is 0.319 e. The van der Waals surface area contributed by atoms with Crippen molar-refractivity contribution in [1.29, 1.82) is 0 Å². The Bertz CT molecular complexity index is 937. The summed E-state index contributed by atoms with van der Waals surface area (Å²) in [6.45, 7) is 0.199. The number of carbonyl (C=O) groups is 1. The maximum absolute atomic E-state index is 14.3. The number of amides is 2. The Morgan fingerprint density at radius 1 is 1.16 bits per heavy atom. The minimum Gasteiger partial charge on any atom is -0.335 e. The minimum absolute atomic E-state index is 0.199. The third-order valence-electron chi connectivity index (χ3n) is 4.22. The Kier molecular flexibility index (Phi) is 3.68. The van der Waals surface area contributed by atoms with E-state index in [0.717, 1.165) is 11.3 Å². The lowest BCUT2D eigenvalue weighted by Crippen LogP contribution is -2.33. The first-order valence-electron chi connectivity index (χ1n) is 7.74. The molecule has 1 aliphatic heterocycles. The van der Waals surface area contributed by atoms with Gasteiger partial charge in [0.25, 0.3) is 0 Å². The van der Waals surface area contributed by atoms with E-state index in [1.54, 1.807) is 18.6 Å². The number of urea groups is 1. The first-order chi connectivity index (χ1) is 12.1. The summed E-state index contributed by atoms with van der Waals surface area (Å²) in [5.74, 6) is -0.691. The molecule has 7 heteroatoms. The number of rotatable bonds is 3. The number of nitrogens with zero attached hydrogens (tertiary/aromatic N) is 2. The van der Waals surface area contributed by atoms with Gasteiger partial charge in [0.2, 0.25) is 0 Å². The highest BCUT2D eigenvalue weighted by Gasteiger charge is 2.31. The van der Waals surface area contributed by atoms with Crippen LogP contribution < -0.4 is 10.6 Å². The Morgan fingerprint density at radius 3 is 2.76 bits per heavy atom. The lowest BCUT2D eigenvalue weighted by atomic mass is 10.0. The fourth-order valence-electron chi connectivity index (χ4n) is 3.10. The van der Waals surface area contributed by atoms with Crippen LogP contribution in [0.2, 0.25) is 0 Å². The molecule has 0 fully saturated rings. The molecule has 2 heterocycles. The molecule has 0 aliphatic carbocycles. The van der Waals surface area contributed by atoms with Crippen molar-refractivity contribution >= 4 is 11.7 Å². The van der Waals surface area contributed by atoms with E-state index in [-0.39, 0.29) is 24.2 Å². The zero-order valence-electron chi connectivity index (χ0n) is 13.0. The molecule has 2 N–H and O–H groups in total. The largest absolute Gasteiger partial charge is 0.335 e. The summed E-state index contributed by atoms with van der Waals surface area (Å²) in [5.41, 5.74) is 2.62. The fourth-order valence-corrected chi connectivity index (χ4v) is 3.10. The van der Waals surface area contributed by atoms with Crippen LogP contribution in [0.5, 0.6) is 0 Å². The van der Waals surface area contributed by atoms with Crippen LogP contribution in [-0.2, 0) is 0 Å². The van der Waals surface area contributed by atoms with Crippen molar-refractivity contribution in [2.45, 2.75) is 6.04 Å². The number of anilines is 1. The number of nitrogens with one attached hydrogen (secondary N) is 2. The summed E-state index contributed by atoms with van der Waals surface area (Å²) in [4.78, 5) is 16.2. The third-order valence-corrected chi connectivity index (χ3v) is 4.22. The standard InChI is InChI=1S/C18H14F2N4O/c19-11-4-6-12(7-5-11)23-18(25)22-9-16-17-13(2-1-3-14(17)20)15-8-21-10-24(15)16/h1-8,10,16H,9H2,(H2,22,23,25). The van der Waals surface area contributed by atoms with Crippen LogP contribution in [0.1, 0.15) is 11.6 Å². The number of hydrogen-bond donors (Lipinski definition) is 2. The molecule has 3 aromatic rings. The van der Waals surface area contributed by atoms with Gasteiger partial charge in [0.05, 0.1) is 24.3 Å². The molecule has 0 bridgehead atoms. The van der Waals surface area contributed by atoms with Crippen LogP contribution in [0.25, 0.3) is 11.3 Å². The van der Waals surface area contributed by atoms with E-state index in [4.69, 9.17) is 0 Å². The summed E-state index contributed by atoms with van der Waals surface area (Å²) in [5, 5.41) is 5.34. The van der Waals surface area contributed by atoms with Crippen molar-refractivity contribution in [3.05, 3.63) is 72.2 Å². The van der Waals surface area contributed by atoms with E-state index in [2.05, 4.69) is 15.6 Å².